The molecule has 0 spiro atoms. The third-order valence-corrected chi connectivity index (χ3v) is 5.49. The Kier molecular flexibility index (Phi) is 4.77. The molecule has 4 rings (SSSR count). The molecule has 1 N–H and O–H groups in total. The Morgan fingerprint density at radius 2 is 2.00 bits per heavy atom. The van der Waals surface area contributed by atoms with Crippen LogP contribution in [-0.2, 0) is 0 Å². The molecule has 5 nitrogen and oxygen atoms in total. The largest absolute Gasteiger partial charge is 0.330 e. The minimum Gasteiger partial charge on any atom is -0.330 e. The Bertz CT molecular complexity index is 736. The number of benzene rings is 1. The highest BCUT2D eigenvalue weighted by Crippen LogP contribution is 2.33. The van der Waals surface area contributed by atoms with Crippen LogP contribution in [0.15, 0.2) is 36.5 Å². The monoisotopic (exact) mass is 358 g/mol. The van der Waals surface area contributed by atoms with Crippen LogP contribution < -0.4 is 5.32 Å². The van der Waals surface area contributed by atoms with Crippen molar-refractivity contribution in [2.75, 3.05) is 19.6 Å². The van der Waals surface area contributed by atoms with E-state index < -0.39 is 0 Å². The first-order chi connectivity index (χ1) is 12.2. The molecule has 0 aliphatic carbocycles. The average Bonchev–Trinajstić information content (AvgIpc) is 3.32. The van der Waals surface area contributed by atoms with Crippen molar-refractivity contribution >= 4 is 17.5 Å². The van der Waals surface area contributed by atoms with Crippen LogP contribution >= 0.6 is 11.6 Å². The molecule has 0 bridgehead atoms. The Morgan fingerprint density at radius 3 is 2.76 bits per heavy atom. The number of hydrogen-bond donors (Lipinski definition) is 1. The Labute approximate surface area is 153 Å². The first-order valence-corrected chi connectivity index (χ1v) is 9.42. The molecule has 1 amide bonds. The summed E-state index contributed by atoms with van der Waals surface area (Å²) < 4.78 is 1.95. The molecular formula is C19H23ClN4O. The zero-order chi connectivity index (χ0) is 17.2. The highest BCUT2D eigenvalue weighted by Gasteiger charge is 2.32. The molecule has 2 atom stereocenters. The number of nitrogens with zero attached hydrogens (tertiary/aromatic N) is 3. The van der Waals surface area contributed by atoms with Gasteiger partial charge in [0.25, 0.3) is 5.91 Å². The van der Waals surface area contributed by atoms with Gasteiger partial charge in [0.2, 0.25) is 0 Å². The molecule has 2 aliphatic rings. The number of aromatic nitrogens is 2. The van der Waals surface area contributed by atoms with Gasteiger partial charge in [0, 0.05) is 24.3 Å². The number of carbonyl (C=O) groups is 1. The Morgan fingerprint density at radius 1 is 1.16 bits per heavy atom. The van der Waals surface area contributed by atoms with Gasteiger partial charge in [-0.15, -0.1) is 0 Å². The molecule has 3 heterocycles. The van der Waals surface area contributed by atoms with Gasteiger partial charge < -0.3 is 10.2 Å². The second-order valence-corrected chi connectivity index (χ2v) is 7.33. The average molecular weight is 359 g/mol. The molecule has 6 heteroatoms. The lowest BCUT2D eigenvalue weighted by atomic mass is 10.0. The lowest BCUT2D eigenvalue weighted by Crippen LogP contribution is -2.33. The van der Waals surface area contributed by atoms with E-state index in [0.29, 0.717) is 11.7 Å². The summed E-state index contributed by atoms with van der Waals surface area (Å²) in [5, 5.41) is 8.70. The second-order valence-electron chi connectivity index (χ2n) is 6.89. The summed E-state index contributed by atoms with van der Waals surface area (Å²) in [6.45, 7) is 2.77. The van der Waals surface area contributed by atoms with E-state index in [4.69, 9.17) is 11.6 Å². The van der Waals surface area contributed by atoms with Crippen LogP contribution in [0, 0.1) is 0 Å². The number of rotatable bonds is 3. The minimum atomic E-state index is 0.0277. The van der Waals surface area contributed by atoms with Crippen molar-refractivity contribution in [3.63, 3.8) is 0 Å². The van der Waals surface area contributed by atoms with E-state index in [0.717, 1.165) is 55.9 Å². The molecule has 1 aromatic carbocycles. The van der Waals surface area contributed by atoms with Crippen molar-refractivity contribution in [3.8, 4) is 0 Å². The van der Waals surface area contributed by atoms with E-state index in [2.05, 4.69) is 10.4 Å². The van der Waals surface area contributed by atoms with E-state index in [-0.39, 0.29) is 11.9 Å². The van der Waals surface area contributed by atoms with E-state index in [1.54, 1.807) is 0 Å². The molecule has 2 aliphatic heterocycles. The van der Waals surface area contributed by atoms with Crippen molar-refractivity contribution in [3.05, 3.63) is 52.8 Å². The second kappa shape index (κ2) is 7.18. The van der Waals surface area contributed by atoms with E-state index in [1.165, 1.54) is 0 Å². The van der Waals surface area contributed by atoms with Crippen LogP contribution in [0.2, 0.25) is 5.02 Å². The van der Waals surface area contributed by atoms with E-state index >= 15 is 0 Å². The smallest absolute Gasteiger partial charge is 0.274 e. The fourth-order valence-corrected chi connectivity index (χ4v) is 4.03. The molecule has 0 radical (unpaired) electrons. The van der Waals surface area contributed by atoms with E-state index in [9.17, 15) is 4.79 Å². The number of nitrogens with one attached hydrogen (secondary N) is 1. The summed E-state index contributed by atoms with van der Waals surface area (Å²) in [6, 6.07) is 10.1. The first kappa shape index (κ1) is 16.6. The van der Waals surface area contributed by atoms with Gasteiger partial charge in [-0.05, 0) is 56.0 Å². The normalized spacial score (nSPS) is 23.8. The maximum absolute atomic E-state index is 13.0. The van der Waals surface area contributed by atoms with Gasteiger partial charge in [0.15, 0.2) is 0 Å². The van der Waals surface area contributed by atoms with Crippen LogP contribution in [0.5, 0.6) is 0 Å². The SMILES string of the molecule is O=C(c1ccn(C2CCCNC2)n1)N1CCCC1c1ccc(Cl)cc1. The predicted molar refractivity (Wildman–Crippen MR) is 97.8 cm³/mol. The molecule has 25 heavy (non-hydrogen) atoms. The first-order valence-electron chi connectivity index (χ1n) is 9.05. The zero-order valence-electron chi connectivity index (χ0n) is 14.2. The summed E-state index contributed by atoms with van der Waals surface area (Å²) in [5.74, 6) is 0.0277. The molecule has 2 saturated heterocycles. The summed E-state index contributed by atoms with van der Waals surface area (Å²) in [7, 11) is 0. The maximum atomic E-state index is 13.0. The fourth-order valence-electron chi connectivity index (χ4n) is 3.90. The van der Waals surface area contributed by atoms with Crippen LogP contribution in [0.3, 0.4) is 0 Å². The predicted octanol–water partition coefficient (Wildman–Crippen LogP) is 3.44. The molecule has 2 aromatic rings. The molecule has 2 unspecified atom stereocenters. The quantitative estimate of drug-likeness (QED) is 0.914. The molecular weight excluding hydrogens is 336 g/mol. The van der Waals surface area contributed by atoms with Gasteiger partial charge >= 0.3 is 0 Å². The van der Waals surface area contributed by atoms with Gasteiger partial charge in [-0.1, -0.05) is 23.7 Å². The standard InChI is InChI=1S/C19H23ClN4O/c20-15-7-5-14(6-8-15)18-4-2-11-23(18)19(25)17-9-12-24(22-17)16-3-1-10-21-13-16/h5-9,12,16,18,21H,1-4,10-11,13H2. The minimum absolute atomic E-state index is 0.0277. The van der Waals surface area contributed by atoms with Gasteiger partial charge in [0.1, 0.15) is 5.69 Å². The Hall–Kier alpha value is -1.85. The van der Waals surface area contributed by atoms with Gasteiger partial charge in [0.05, 0.1) is 12.1 Å². The zero-order valence-corrected chi connectivity index (χ0v) is 15.0. The topological polar surface area (TPSA) is 50.2 Å². The van der Waals surface area contributed by atoms with Crippen molar-refractivity contribution < 1.29 is 4.79 Å². The van der Waals surface area contributed by atoms with Crippen molar-refractivity contribution in [2.45, 2.75) is 37.8 Å². The maximum Gasteiger partial charge on any atom is 0.274 e. The highest BCUT2D eigenvalue weighted by molar-refractivity contribution is 6.30. The van der Waals surface area contributed by atoms with Crippen LogP contribution in [-0.4, -0.2) is 40.2 Å². The number of carbonyl (C=O) groups excluding carboxylic acids is 1. The number of likely N-dealkylation sites (tertiary alicyclic amines) is 1. The molecule has 0 saturated carbocycles. The van der Waals surface area contributed by atoms with Crippen LogP contribution in [0.1, 0.15) is 53.8 Å². The number of halogens is 1. The summed E-state index contributed by atoms with van der Waals surface area (Å²) in [5.41, 5.74) is 1.69. The molecule has 2 fully saturated rings. The Balaban J connectivity index is 1.51. The van der Waals surface area contributed by atoms with Gasteiger partial charge in [-0.2, -0.15) is 5.10 Å². The summed E-state index contributed by atoms with van der Waals surface area (Å²) >= 11 is 5.99. The lowest BCUT2D eigenvalue weighted by Gasteiger charge is -2.25. The van der Waals surface area contributed by atoms with Crippen LogP contribution in [0.4, 0.5) is 0 Å². The molecule has 1 aromatic heterocycles. The van der Waals surface area contributed by atoms with Crippen molar-refractivity contribution in [1.29, 1.82) is 0 Å². The number of hydrogen-bond acceptors (Lipinski definition) is 3. The molecule has 132 valence electrons. The van der Waals surface area contributed by atoms with Gasteiger partial charge in [-0.3, -0.25) is 9.48 Å². The number of piperidine rings is 1. The summed E-state index contributed by atoms with van der Waals surface area (Å²) in [6.07, 6.45) is 6.21. The van der Waals surface area contributed by atoms with Crippen molar-refractivity contribution in [2.24, 2.45) is 0 Å². The van der Waals surface area contributed by atoms with E-state index in [1.807, 2.05) is 46.1 Å². The third kappa shape index (κ3) is 3.44. The highest BCUT2D eigenvalue weighted by atomic mass is 35.5. The van der Waals surface area contributed by atoms with Crippen molar-refractivity contribution in [1.82, 2.24) is 20.0 Å². The van der Waals surface area contributed by atoms with Gasteiger partial charge in [-0.25, -0.2) is 0 Å². The summed E-state index contributed by atoms with van der Waals surface area (Å²) in [4.78, 5) is 15.0. The fraction of sp³-hybridized carbons (Fsp3) is 0.474. The lowest BCUT2D eigenvalue weighted by molar-refractivity contribution is 0.0728. The van der Waals surface area contributed by atoms with Crippen LogP contribution in [0.25, 0.3) is 0 Å². The third-order valence-electron chi connectivity index (χ3n) is 5.24. The number of amides is 1.